The van der Waals surface area contributed by atoms with E-state index in [1.165, 1.54) is 18.4 Å². The average molecular weight is 492 g/mol. The molecule has 1 saturated heterocycles. The van der Waals surface area contributed by atoms with E-state index in [1.807, 2.05) is 12.1 Å². The zero-order chi connectivity index (χ0) is 17.7. The lowest BCUT2D eigenvalue weighted by molar-refractivity contribution is 0.0263. The van der Waals surface area contributed by atoms with Crippen LogP contribution in [0, 0.1) is 0 Å². The van der Waals surface area contributed by atoms with Gasteiger partial charge in [-0.2, -0.15) is 0 Å². The summed E-state index contributed by atoms with van der Waals surface area (Å²) < 4.78 is 5.76. The molecule has 2 fully saturated rings. The molecule has 146 valence electrons. The molecule has 0 amide bonds. The van der Waals surface area contributed by atoms with Gasteiger partial charge in [0.15, 0.2) is 5.96 Å². The Morgan fingerprint density at radius 1 is 1.23 bits per heavy atom. The third kappa shape index (κ3) is 5.49. The number of aliphatic imine (C=N–C) groups is 1. The Bertz CT molecular complexity index is 581. The third-order valence-corrected chi connectivity index (χ3v) is 5.57. The Labute approximate surface area is 179 Å². The molecule has 0 atom stereocenters. The summed E-state index contributed by atoms with van der Waals surface area (Å²) in [4.78, 5) is 7.38. The summed E-state index contributed by atoms with van der Waals surface area (Å²) in [6.45, 7) is 8.80. The molecule has 1 heterocycles. The SMILES string of the molecule is CCNC(=NCC1(c2ccc(Cl)cc2)CC1)N1CCC(OCC)CC1.I. The van der Waals surface area contributed by atoms with E-state index in [4.69, 9.17) is 21.3 Å². The fraction of sp³-hybridized carbons (Fsp3) is 0.650. The van der Waals surface area contributed by atoms with Gasteiger partial charge in [0.25, 0.3) is 0 Å². The average Bonchev–Trinajstić information content (AvgIpc) is 3.41. The summed E-state index contributed by atoms with van der Waals surface area (Å²) in [5.74, 6) is 1.05. The first-order chi connectivity index (χ1) is 12.2. The summed E-state index contributed by atoms with van der Waals surface area (Å²) in [5, 5.41) is 4.27. The van der Waals surface area contributed by atoms with Crippen LogP contribution in [-0.2, 0) is 10.2 Å². The number of hydrogen-bond acceptors (Lipinski definition) is 2. The molecule has 1 saturated carbocycles. The van der Waals surface area contributed by atoms with E-state index in [1.54, 1.807) is 0 Å². The minimum Gasteiger partial charge on any atom is -0.378 e. The van der Waals surface area contributed by atoms with Crippen molar-refractivity contribution >= 4 is 41.5 Å². The normalized spacial score (nSPS) is 19.8. The third-order valence-electron chi connectivity index (χ3n) is 5.32. The van der Waals surface area contributed by atoms with Crippen molar-refractivity contribution in [2.24, 2.45) is 4.99 Å². The van der Waals surface area contributed by atoms with E-state index >= 15 is 0 Å². The number of rotatable bonds is 6. The molecule has 1 N–H and O–H groups in total. The number of nitrogens with one attached hydrogen (secondary N) is 1. The Hall–Kier alpha value is -0.530. The summed E-state index contributed by atoms with van der Waals surface area (Å²) in [6, 6.07) is 8.30. The van der Waals surface area contributed by atoms with Crippen LogP contribution in [0.2, 0.25) is 5.02 Å². The highest BCUT2D eigenvalue weighted by atomic mass is 127. The van der Waals surface area contributed by atoms with Crippen molar-refractivity contribution < 1.29 is 4.74 Å². The molecule has 0 spiro atoms. The van der Waals surface area contributed by atoms with Crippen molar-refractivity contribution in [3.63, 3.8) is 0 Å². The first kappa shape index (κ1) is 21.8. The first-order valence-corrected chi connectivity index (χ1v) is 9.95. The molecule has 4 nitrogen and oxygen atoms in total. The van der Waals surface area contributed by atoms with Crippen LogP contribution < -0.4 is 5.32 Å². The minimum absolute atomic E-state index is 0. The van der Waals surface area contributed by atoms with Gasteiger partial charge >= 0.3 is 0 Å². The van der Waals surface area contributed by atoms with Gasteiger partial charge in [-0.3, -0.25) is 4.99 Å². The maximum absolute atomic E-state index is 6.03. The van der Waals surface area contributed by atoms with Crippen LogP contribution in [0.4, 0.5) is 0 Å². The quantitative estimate of drug-likeness (QED) is 0.363. The Kier molecular flexibility index (Phi) is 8.48. The lowest BCUT2D eigenvalue weighted by atomic mass is 9.96. The number of halogens is 2. The van der Waals surface area contributed by atoms with Crippen LogP contribution in [-0.4, -0.2) is 49.7 Å². The van der Waals surface area contributed by atoms with Gasteiger partial charge in [0.1, 0.15) is 0 Å². The first-order valence-electron chi connectivity index (χ1n) is 9.58. The Balaban J connectivity index is 0.00000243. The number of piperidine rings is 1. The van der Waals surface area contributed by atoms with E-state index in [0.717, 1.165) is 56.6 Å². The second-order valence-electron chi connectivity index (χ2n) is 7.10. The van der Waals surface area contributed by atoms with Crippen LogP contribution in [0.3, 0.4) is 0 Å². The molecule has 0 unspecified atom stereocenters. The highest BCUT2D eigenvalue weighted by molar-refractivity contribution is 14.0. The molecule has 1 aliphatic carbocycles. The fourth-order valence-electron chi connectivity index (χ4n) is 3.61. The molecule has 26 heavy (non-hydrogen) atoms. The van der Waals surface area contributed by atoms with E-state index in [-0.39, 0.29) is 29.4 Å². The number of guanidine groups is 1. The molecule has 6 heteroatoms. The van der Waals surface area contributed by atoms with Crippen LogP contribution in [0.25, 0.3) is 0 Å². The highest BCUT2D eigenvalue weighted by Gasteiger charge is 2.44. The van der Waals surface area contributed by atoms with Crippen LogP contribution >= 0.6 is 35.6 Å². The van der Waals surface area contributed by atoms with Crippen molar-refractivity contribution in [3.05, 3.63) is 34.9 Å². The predicted octanol–water partition coefficient (Wildman–Crippen LogP) is 4.46. The van der Waals surface area contributed by atoms with Crippen LogP contribution in [0.5, 0.6) is 0 Å². The molecule has 0 radical (unpaired) electrons. The van der Waals surface area contributed by atoms with Gasteiger partial charge in [0.2, 0.25) is 0 Å². The minimum atomic E-state index is 0. The molecule has 1 aromatic rings. The van der Waals surface area contributed by atoms with Gasteiger partial charge < -0.3 is 15.0 Å². The fourth-order valence-corrected chi connectivity index (χ4v) is 3.74. The van der Waals surface area contributed by atoms with E-state index in [2.05, 4.69) is 36.2 Å². The van der Waals surface area contributed by atoms with Gasteiger partial charge in [-0.15, -0.1) is 24.0 Å². The number of likely N-dealkylation sites (tertiary alicyclic amines) is 1. The predicted molar refractivity (Wildman–Crippen MR) is 120 cm³/mol. The number of ether oxygens (including phenoxy) is 1. The lowest BCUT2D eigenvalue weighted by Gasteiger charge is -2.34. The molecule has 0 bridgehead atoms. The summed E-state index contributed by atoms with van der Waals surface area (Å²) in [6.07, 6.45) is 5.00. The Morgan fingerprint density at radius 2 is 1.88 bits per heavy atom. The molecular formula is C20H31ClIN3O. The van der Waals surface area contributed by atoms with Crippen molar-refractivity contribution in [2.45, 2.75) is 51.0 Å². The van der Waals surface area contributed by atoms with Crippen LogP contribution in [0.15, 0.2) is 29.3 Å². The molecular weight excluding hydrogens is 461 g/mol. The van der Waals surface area contributed by atoms with E-state index in [9.17, 15) is 0 Å². The maximum atomic E-state index is 6.03. The zero-order valence-electron chi connectivity index (χ0n) is 15.8. The summed E-state index contributed by atoms with van der Waals surface area (Å²) in [7, 11) is 0. The van der Waals surface area contributed by atoms with E-state index < -0.39 is 0 Å². The maximum Gasteiger partial charge on any atom is 0.193 e. The number of nitrogens with zero attached hydrogens (tertiary/aromatic N) is 2. The number of benzene rings is 1. The van der Waals surface area contributed by atoms with Crippen molar-refractivity contribution in [3.8, 4) is 0 Å². The van der Waals surface area contributed by atoms with Crippen molar-refractivity contribution in [2.75, 3.05) is 32.8 Å². The largest absolute Gasteiger partial charge is 0.378 e. The monoisotopic (exact) mass is 491 g/mol. The zero-order valence-corrected chi connectivity index (χ0v) is 18.9. The smallest absolute Gasteiger partial charge is 0.193 e. The molecule has 2 aliphatic rings. The number of hydrogen-bond donors (Lipinski definition) is 1. The summed E-state index contributed by atoms with van der Waals surface area (Å²) >= 11 is 6.03. The second kappa shape index (κ2) is 10.1. The van der Waals surface area contributed by atoms with E-state index in [0.29, 0.717) is 6.10 Å². The molecule has 1 aliphatic heterocycles. The van der Waals surface area contributed by atoms with Gasteiger partial charge in [-0.05, 0) is 57.2 Å². The summed E-state index contributed by atoms with van der Waals surface area (Å²) in [5.41, 5.74) is 1.58. The van der Waals surface area contributed by atoms with Gasteiger partial charge in [-0.1, -0.05) is 23.7 Å². The topological polar surface area (TPSA) is 36.9 Å². The van der Waals surface area contributed by atoms with Gasteiger partial charge in [0, 0.05) is 36.7 Å². The van der Waals surface area contributed by atoms with Gasteiger partial charge in [-0.25, -0.2) is 0 Å². The van der Waals surface area contributed by atoms with Crippen LogP contribution in [0.1, 0.15) is 45.1 Å². The highest BCUT2D eigenvalue weighted by Crippen LogP contribution is 2.48. The second-order valence-corrected chi connectivity index (χ2v) is 7.54. The van der Waals surface area contributed by atoms with Crippen molar-refractivity contribution in [1.82, 2.24) is 10.2 Å². The lowest BCUT2D eigenvalue weighted by Crippen LogP contribution is -2.47. The van der Waals surface area contributed by atoms with Gasteiger partial charge in [0.05, 0.1) is 12.6 Å². The molecule has 0 aromatic heterocycles. The standard InChI is InChI=1S/C20H30ClN3O.HI/c1-3-22-19(24-13-9-18(10-14-24)25-4-2)23-15-20(11-12-20)16-5-7-17(21)8-6-16;/h5-8,18H,3-4,9-15H2,1-2H3,(H,22,23);1H. The van der Waals surface area contributed by atoms with Crippen molar-refractivity contribution in [1.29, 1.82) is 0 Å². The molecule has 1 aromatic carbocycles. The Morgan fingerprint density at radius 3 is 2.42 bits per heavy atom. The molecule has 3 rings (SSSR count).